The van der Waals surface area contributed by atoms with Gasteiger partial charge in [-0.2, -0.15) is 8.42 Å². The first-order valence-corrected chi connectivity index (χ1v) is 9.95. The molecule has 0 atom stereocenters. The van der Waals surface area contributed by atoms with E-state index in [-0.39, 0.29) is 26.3 Å². The second kappa shape index (κ2) is 6.41. The van der Waals surface area contributed by atoms with Crippen molar-refractivity contribution in [3.63, 3.8) is 0 Å². The number of sulfonamides is 1. The van der Waals surface area contributed by atoms with E-state index < -0.39 is 25.0 Å². The minimum Gasteiger partial charge on any atom is -0.396 e. The molecule has 11 heteroatoms. The number of nitrogens with two attached hydrogens (primary N) is 1. The van der Waals surface area contributed by atoms with Gasteiger partial charge in [-0.15, -0.1) is 0 Å². The summed E-state index contributed by atoms with van der Waals surface area (Å²) < 4.78 is 58.6. The fraction of sp³-hybridized carbons (Fsp3) is 0.0769. The Kier molecular flexibility index (Phi) is 5.03. The zero-order valence-electron chi connectivity index (χ0n) is 12.1. The van der Waals surface area contributed by atoms with E-state index in [4.69, 9.17) is 33.5 Å². The fourth-order valence-corrected chi connectivity index (χ4v) is 4.09. The van der Waals surface area contributed by atoms with Gasteiger partial charge in [0.25, 0.3) is 20.1 Å². The number of halogens is 2. The minimum atomic E-state index is -4.47. The largest absolute Gasteiger partial charge is 0.396 e. The van der Waals surface area contributed by atoms with Crippen molar-refractivity contribution in [3.05, 3.63) is 45.9 Å². The van der Waals surface area contributed by atoms with Crippen LogP contribution < -0.4 is 10.5 Å². The van der Waals surface area contributed by atoms with E-state index in [1.54, 1.807) is 6.92 Å². The van der Waals surface area contributed by atoms with Gasteiger partial charge in [-0.3, -0.25) is 9.27 Å². The zero-order chi connectivity index (χ0) is 18.3. The number of hydrogen-bond acceptors (Lipinski definition) is 5. The van der Waals surface area contributed by atoms with E-state index in [1.807, 2.05) is 0 Å². The highest BCUT2D eigenvalue weighted by molar-refractivity contribution is 7.92. The van der Waals surface area contributed by atoms with Crippen LogP contribution in [0.2, 0.25) is 10.0 Å². The number of aryl methyl sites for hydroxylation is 1. The molecule has 0 spiro atoms. The lowest BCUT2D eigenvalue weighted by molar-refractivity contribution is 0.483. The second-order valence-corrected chi connectivity index (χ2v) is 8.78. The Morgan fingerprint density at radius 2 is 1.54 bits per heavy atom. The molecule has 2 aromatic carbocycles. The molecule has 0 fully saturated rings. The number of nitrogens with one attached hydrogen (secondary N) is 1. The summed E-state index contributed by atoms with van der Waals surface area (Å²) >= 11 is 11.7. The third kappa shape index (κ3) is 3.93. The molecule has 0 saturated carbocycles. The van der Waals surface area contributed by atoms with Crippen LogP contribution in [0.25, 0.3) is 0 Å². The van der Waals surface area contributed by atoms with Crippen LogP contribution in [0.1, 0.15) is 5.56 Å². The molecule has 2 aromatic rings. The monoisotopic (exact) mass is 410 g/mol. The van der Waals surface area contributed by atoms with Crippen LogP contribution in [-0.2, 0) is 20.1 Å². The van der Waals surface area contributed by atoms with E-state index in [0.717, 1.165) is 24.3 Å². The van der Waals surface area contributed by atoms with Gasteiger partial charge in [0.15, 0.2) is 0 Å². The third-order valence-corrected chi connectivity index (χ3v) is 5.93. The molecule has 24 heavy (non-hydrogen) atoms. The quantitative estimate of drug-likeness (QED) is 0.525. The van der Waals surface area contributed by atoms with Crippen LogP contribution >= 0.6 is 23.2 Å². The van der Waals surface area contributed by atoms with Gasteiger partial charge in [0.1, 0.15) is 0 Å². The van der Waals surface area contributed by atoms with Crippen molar-refractivity contribution in [1.82, 2.24) is 0 Å². The average molecular weight is 411 g/mol. The van der Waals surface area contributed by atoms with E-state index in [2.05, 4.69) is 4.72 Å². The Hall–Kier alpha value is -1.52. The zero-order valence-corrected chi connectivity index (χ0v) is 15.3. The highest BCUT2D eigenvalue weighted by Gasteiger charge is 2.20. The standard InChI is InChI=1S/C13H12Cl2N2O5S2/c1-7-2-3-8(24(20,21)22)6-12(7)17-23(18,19)9-4-10(14)13(16)11(15)5-9/h2-6,17H,16H2,1H3,(H,20,21,22). The summed E-state index contributed by atoms with van der Waals surface area (Å²) in [6.45, 7) is 1.56. The molecule has 0 radical (unpaired) electrons. The Morgan fingerprint density at radius 3 is 2.04 bits per heavy atom. The minimum absolute atomic E-state index is 0.0193. The number of rotatable bonds is 4. The van der Waals surface area contributed by atoms with Gasteiger partial charge in [0.2, 0.25) is 0 Å². The van der Waals surface area contributed by atoms with Crippen LogP contribution in [0.5, 0.6) is 0 Å². The molecule has 0 aliphatic carbocycles. The molecule has 0 bridgehead atoms. The van der Waals surface area contributed by atoms with Crippen molar-refractivity contribution in [3.8, 4) is 0 Å². The Labute approximate surface area is 149 Å². The maximum Gasteiger partial charge on any atom is 0.294 e. The first-order valence-electron chi connectivity index (χ1n) is 6.27. The highest BCUT2D eigenvalue weighted by atomic mass is 35.5. The molecule has 0 saturated heterocycles. The van der Waals surface area contributed by atoms with Crippen LogP contribution in [-0.4, -0.2) is 21.4 Å². The molecule has 0 heterocycles. The SMILES string of the molecule is Cc1ccc(S(=O)(=O)O)cc1NS(=O)(=O)c1cc(Cl)c(N)c(Cl)c1. The number of anilines is 2. The predicted octanol–water partition coefficient (Wildman–Crippen LogP) is 2.93. The maximum absolute atomic E-state index is 12.4. The second-order valence-electron chi connectivity index (χ2n) is 4.86. The summed E-state index contributed by atoms with van der Waals surface area (Å²) in [4.78, 5) is -0.692. The molecule has 0 aliphatic heterocycles. The fourth-order valence-electron chi connectivity index (χ4n) is 1.79. The summed E-state index contributed by atoms with van der Waals surface area (Å²) in [5.41, 5.74) is 6.03. The van der Waals surface area contributed by atoms with Crippen LogP contribution in [0.4, 0.5) is 11.4 Å². The van der Waals surface area contributed by atoms with Crippen molar-refractivity contribution < 1.29 is 21.4 Å². The van der Waals surface area contributed by atoms with Crippen molar-refractivity contribution in [2.24, 2.45) is 0 Å². The molecule has 4 N–H and O–H groups in total. The molecular weight excluding hydrogens is 399 g/mol. The van der Waals surface area contributed by atoms with Crippen molar-refractivity contribution >= 4 is 54.7 Å². The number of hydrogen-bond donors (Lipinski definition) is 3. The van der Waals surface area contributed by atoms with Gasteiger partial charge >= 0.3 is 0 Å². The van der Waals surface area contributed by atoms with E-state index in [1.165, 1.54) is 6.07 Å². The summed E-state index contributed by atoms with van der Waals surface area (Å²) in [7, 11) is -8.59. The summed E-state index contributed by atoms with van der Waals surface area (Å²) in [6, 6.07) is 5.74. The predicted molar refractivity (Wildman–Crippen MR) is 92.7 cm³/mol. The van der Waals surface area contributed by atoms with E-state index >= 15 is 0 Å². The maximum atomic E-state index is 12.4. The van der Waals surface area contributed by atoms with Crippen LogP contribution in [0, 0.1) is 6.92 Å². The molecule has 0 aliphatic rings. The average Bonchev–Trinajstić information content (AvgIpc) is 2.45. The highest BCUT2D eigenvalue weighted by Crippen LogP contribution is 2.32. The summed E-state index contributed by atoms with van der Waals surface area (Å²) in [6.07, 6.45) is 0. The Balaban J connectivity index is 2.51. The molecule has 130 valence electrons. The van der Waals surface area contributed by atoms with Crippen molar-refractivity contribution in [2.45, 2.75) is 16.7 Å². The van der Waals surface area contributed by atoms with Gasteiger partial charge in [0, 0.05) is 0 Å². The van der Waals surface area contributed by atoms with Gasteiger partial charge < -0.3 is 5.73 Å². The van der Waals surface area contributed by atoms with Crippen LogP contribution in [0.3, 0.4) is 0 Å². The van der Waals surface area contributed by atoms with Gasteiger partial charge in [-0.05, 0) is 36.8 Å². The van der Waals surface area contributed by atoms with Gasteiger partial charge in [-0.25, -0.2) is 8.42 Å². The molecule has 0 aromatic heterocycles. The summed E-state index contributed by atoms with van der Waals surface area (Å²) in [5.74, 6) is 0. The lowest BCUT2D eigenvalue weighted by Crippen LogP contribution is -2.14. The molecule has 0 unspecified atom stereocenters. The molecular formula is C13H12Cl2N2O5S2. The third-order valence-electron chi connectivity index (χ3n) is 3.11. The normalized spacial score (nSPS) is 12.2. The molecule has 2 rings (SSSR count). The Bertz CT molecular complexity index is 998. The van der Waals surface area contributed by atoms with Crippen LogP contribution in [0.15, 0.2) is 40.1 Å². The topological polar surface area (TPSA) is 127 Å². The number of benzene rings is 2. The smallest absolute Gasteiger partial charge is 0.294 e. The van der Waals surface area contributed by atoms with E-state index in [9.17, 15) is 16.8 Å². The lowest BCUT2D eigenvalue weighted by atomic mass is 10.2. The Morgan fingerprint density at radius 1 is 1.00 bits per heavy atom. The van der Waals surface area contributed by atoms with Crippen molar-refractivity contribution in [2.75, 3.05) is 10.5 Å². The first-order chi connectivity index (χ1) is 10.9. The molecule has 7 nitrogen and oxygen atoms in total. The number of nitrogen functional groups attached to an aromatic ring is 1. The first kappa shape index (κ1) is 18.8. The summed E-state index contributed by atoms with van der Waals surface area (Å²) in [5, 5.41) is -0.0717. The van der Waals surface area contributed by atoms with E-state index in [0.29, 0.717) is 5.56 Å². The van der Waals surface area contributed by atoms with Gasteiger partial charge in [-0.1, -0.05) is 29.3 Å². The van der Waals surface area contributed by atoms with Crippen molar-refractivity contribution in [1.29, 1.82) is 0 Å². The van der Waals surface area contributed by atoms with Gasteiger partial charge in [0.05, 0.1) is 31.2 Å². The lowest BCUT2D eigenvalue weighted by Gasteiger charge is -2.13. The molecule has 0 amide bonds.